The number of unbranched alkanes of at least 4 members (excludes halogenated alkanes) is 7. The van der Waals surface area contributed by atoms with E-state index >= 15 is 0 Å². The number of hydrogen-bond donors (Lipinski definition) is 2. The van der Waals surface area contributed by atoms with Crippen LogP contribution < -0.4 is 10.6 Å². The Labute approximate surface area is 189 Å². The zero-order valence-corrected chi connectivity index (χ0v) is 19.6. The van der Waals surface area contributed by atoms with E-state index in [4.69, 9.17) is 4.74 Å². The van der Waals surface area contributed by atoms with Gasteiger partial charge in [-0.2, -0.15) is 0 Å². The van der Waals surface area contributed by atoms with Gasteiger partial charge in [-0.15, -0.1) is 0 Å². The molecule has 4 aliphatic rings. The Kier molecular flexibility index (Phi) is 9.28. The lowest BCUT2D eigenvalue weighted by Gasteiger charge is -2.56. The van der Waals surface area contributed by atoms with Gasteiger partial charge in [0.1, 0.15) is 12.6 Å². The summed E-state index contributed by atoms with van der Waals surface area (Å²) >= 11 is 0. The van der Waals surface area contributed by atoms with E-state index in [0.717, 1.165) is 49.9 Å². The minimum atomic E-state index is -0.575. The van der Waals surface area contributed by atoms with Crippen LogP contribution in [0.1, 0.15) is 103 Å². The lowest BCUT2D eigenvalue weighted by atomic mass is 9.53. The molecule has 0 aromatic carbocycles. The van der Waals surface area contributed by atoms with Crippen molar-refractivity contribution in [3.8, 4) is 0 Å². The molecule has 4 rings (SSSR count). The Morgan fingerprint density at radius 1 is 0.968 bits per heavy atom. The van der Waals surface area contributed by atoms with E-state index in [1.54, 1.807) is 6.08 Å². The number of ether oxygens (including phenoxy) is 1. The Morgan fingerprint density at radius 3 is 2.06 bits per heavy atom. The highest BCUT2D eigenvalue weighted by Crippen LogP contribution is 2.55. The van der Waals surface area contributed by atoms with Crippen molar-refractivity contribution in [1.29, 1.82) is 0 Å². The van der Waals surface area contributed by atoms with E-state index < -0.39 is 6.04 Å². The van der Waals surface area contributed by atoms with Crippen molar-refractivity contribution in [2.75, 3.05) is 6.61 Å². The molecule has 4 fully saturated rings. The summed E-state index contributed by atoms with van der Waals surface area (Å²) in [5.74, 6) is 1.98. The maximum Gasteiger partial charge on any atom is 0.329 e. The number of carbonyl (C=O) groups excluding carboxylic acids is 2. The molecule has 5 heteroatoms. The largest absolute Gasteiger partial charge is 0.460 e. The van der Waals surface area contributed by atoms with Crippen LogP contribution in [0.3, 0.4) is 0 Å². The molecule has 0 saturated heterocycles. The van der Waals surface area contributed by atoms with Crippen molar-refractivity contribution in [3.05, 3.63) is 12.7 Å². The van der Waals surface area contributed by atoms with Crippen LogP contribution in [0.4, 0.5) is 4.79 Å². The maximum atomic E-state index is 12.9. The molecule has 0 aromatic rings. The van der Waals surface area contributed by atoms with E-state index in [-0.39, 0.29) is 24.1 Å². The first-order valence-electron chi connectivity index (χ1n) is 12.9. The summed E-state index contributed by atoms with van der Waals surface area (Å²) in [5, 5.41) is 6.28. The SMILES string of the molecule is C=CCOC(=O)C(CCCCCCCCCC)NC(=O)NC12CC3CC(CC(C3)C1)C2. The molecular weight excluding hydrogens is 388 g/mol. The van der Waals surface area contributed by atoms with Crippen molar-refractivity contribution >= 4 is 12.0 Å². The third-order valence-electron chi connectivity index (χ3n) is 7.70. The second-order valence-electron chi connectivity index (χ2n) is 10.5. The van der Waals surface area contributed by atoms with Gasteiger partial charge >= 0.3 is 12.0 Å². The molecule has 5 nitrogen and oxygen atoms in total. The van der Waals surface area contributed by atoms with Gasteiger partial charge in [-0.05, 0) is 62.7 Å². The first kappa shape index (κ1) is 24.1. The van der Waals surface area contributed by atoms with Gasteiger partial charge in [-0.1, -0.05) is 70.9 Å². The number of rotatable bonds is 14. The molecule has 4 aliphatic carbocycles. The van der Waals surface area contributed by atoms with Gasteiger partial charge in [-0.25, -0.2) is 9.59 Å². The number of hydrogen-bond acceptors (Lipinski definition) is 3. The smallest absolute Gasteiger partial charge is 0.329 e. The molecule has 176 valence electrons. The number of carbonyl (C=O) groups is 2. The third-order valence-corrected chi connectivity index (χ3v) is 7.70. The third kappa shape index (κ3) is 7.25. The molecule has 0 aliphatic heterocycles. The van der Waals surface area contributed by atoms with Crippen LogP contribution in [0, 0.1) is 17.8 Å². The average molecular weight is 433 g/mol. The monoisotopic (exact) mass is 432 g/mol. The molecule has 1 unspecified atom stereocenters. The molecule has 2 amide bonds. The van der Waals surface area contributed by atoms with Crippen molar-refractivity contribution in [1.82, 2.24) is 10.6 Å². The van der Waals surface area contributed by atoms with Crippen LogP contribution in [-0.2, 0) is 9.53 Å². The second kappa shape index (κ2) is 11.9. The van der Waals surface area contributed by atoms with E-state index in [1.807, 2.05) is 0 Å². The van der Waals surface area contributed by atoms with Crippen LogP contribution in [-0.4, -0.2) is 30.2 Å². The minimum absolute atomic E-state index is 0.0487. The number of amides is 2. The van der Waals surface area contributed by atoms with E-state index in [2.05, 4.69) is 24.1 Å². The zero-order valence-electron chi connectivity index (χ0n) is 19.6. The van der Waals surface area contributed by atoms with Gasteiger partial charge in [0.15, 0.2) is 0 Å². The quantitative estimate of drug-likeness (QED) is 0.204. The molecule has 4 bridgehead atoms. The fourth-order valence-corrected chi connectivity index (χ4v) is 6.67. The summed E-state index contributed by atoms with van der Waals surface area (Å²) in [5.41, 5.74) is -0.0487. The Morgan fingerprint density at radius 2 is 1.52 bits per heavy atom. The molecule has 0 spiro atoms. The lowest BCUT2D eigenvalue weighted by molar-refractivity contribution is -0.144. The second-order valence-corrected chi connectivity index (χ2v) is 10.5. The molecule has 0 radical (unpaired) electrons. The fraction of sp³-hybridized carbons (Fsp3) is 0.846. The predicted octanol–water partition coefficient (Wildman–Crippen LogP) is 5.88. The number of esters is 1. The molecular formula is C26H44N2O3. The summed E-state index contributed by atoms with van der Waals surface area (Å²) in [4.78, 5) is 25.4. The average Bonchev–Trinajstić information content (AvgIpc) is 2.71. The highest BCUT2D eigenvalue weighted by Gasteiger charge is 2.51. The van der Waals surface area contributed by atoms with Gasteiger partial charge in [-0.3, -0.25) is 0 Å². The van der Waals surface area contributed by atoms with Gasteiger partial charge < -0.3 is 15.4 Å². The minimum Gasteiger partial charge on any atom is -0.460 e. The van der Waals surface area contributed by atoms with Crippen molar-refractivity contribution in [2.45, 2.75) is 115 Å². The van der Waals surface area contributed by atoms with E-state index in [0.29, 0.717) is 6.42 Å². The summed E-state index contributed by atoms with van der Waals surface area (Å²) in [7, 11) is 0. The first-order valence-corrected chi connectivity index (χ1v) is 12.9. The van der Waals surface area contributed by atoms with Crippen LogP contribution in [0.25, 0.3) is 0 Å². The summed E-state index contributed by atoms with van der Waals surface area (Å²) < 4.78 is 5.27. The van der Waals surface area contributed by atoms with Crippen LogP contribution in [0.2, 0.25) is 0 Å². The maximum absolute atomic E-state index is 12.9. The Bertz CT molecular complexity index is 568. The summed E-state index contributed by atoms with van der Waals surface area (Å²) in [6, 6.07) is -0.768. The van der Waals surface area contributed by atoms with Crippen LogP contribution >= 0.6 is 0 Å². The fourth-order valence-electron chi connectivity index (χ4n) is 6.67. The standard InChI is InChI=1S/C26H44N2O3/c1-3-5-6-7-8-9-10-11-12-23(24(29)31-13-4-2)27-25(30)28-26-17-20-14-21(18-26)16-22(15-20)19-26/h4,20-23H,2-3,5-19H2,1H3,(H2,27,28,30). The van der Waals surface area contributed by atoms with E-state index in [1.165, 1.54) is 57.8 Å². The van der Waals surface area contributed by atoms with Crippen LogP contribution in [0.5, 0.6) is 0 Å². The Hall–Kier alpha value is -1.52. The lowest BCUT2D eigenvalue weighted by Crippen LogP contribution is -2.62. The molecule has 1 atom stereocenters. The van der Waals surface area contributed by atoms with Gasteiger partial charge in [0.25, 0.3) is 0 Å². The molecule has 4 saturated carbocycles. The van der Waals surface area contributed by atoms with E-state index in [9.17, 15) is 9.59 Å². The Balaban J connectivity index is 1.44. The number of nitrogens with one attached hydrogen (secondary N) is 2. The molecule has 31 heavy (non-hydrogen) atoms. The predicted molar refractivity (Wildman–Crippen MR) is 125 cm³/mol. The van der Waals surface area contributed by atoms with Crippen LogP contribution in [0.15, 0.2) is 12.7 Å². The van der Waals surface area contributed by atoms with Crippen molar-refractivity contribution < 1.29 is 14.3 Å². The highest BCUT2D eigenvalue weighted by atomic mass is 16.5. The van der Waals surface area contributed by atoms with Gasteiger partial charge in [0, 0.05) is 5.54 Å². The first-order chi connectivity index (χ1) is 15.0. The van der Waals surface area contributed by atoms with Gasteiger partial charge in [0.05, 0.1) is 0 Å². The summed E-state index contributed by atoms with van der Waals surface area (Å²) in [6.07, 6.45) is 19.2. The molecule has 0 aromatic heterocycles. The van der Waals surface area contributed by atoms with Crippen molar-refractivity contribution in [2.24, 2.45) is 17.8 Å². The van der Waals surface area contributed by atoms with Gasteiger partial charge in [0.2, 0.25) is 0 Å². The molecule has 2 N–H and O–H groups in total. The number of urea groups is 1. The molecule has 0 heterocycles. The summed E-state index contributed by atoms with van der Waals surface area (Å²) in [6.45, 7) is 6.03. The highest BCUT2D eigenvalue weighted by molar-refractivity contribution is 5.84. The zero-order chi connectivity index (χ0) is 22.1. The topological polar surface area (TPSA) is 67.4 Å². The van der Waals surface area contributed by atoms with Crippen molar-refractivity contribution in [3.63, 3.8) is 0 Å². The normalized spacial score (nSPS) is 29.4.